The van der Waals surface area contributed by atoms with Gasteiger partial charge in [0.05, 0.1) is 20.3 Å². The second-order valence-corrected chi connectivity index (χ2v) is 5.21. The highest BCUT2D eigenvalue weighted by molar-refractivity contribution is 5.96. The summed E-state index contributed by atoms with van der Waals surface area (Å²) in [5.74, 6) is 1.19. The van der Waals surface area contributed by atoms with Gasteiger partial charge in [-0.05, 0) is 49.4 Å². The summed E-state index contributed by atoms with van der Waals surface area (Å²) in [4.78, 5) is 23.6. The summed E-state index contributed by atoms with van der Waals surface area (Å²) in [5, 5.41) is 5.32. The molecule has 2 N–H and O–H groups in total. The minimum absolute atomic E-state index is 0.254. The van der Waals surface area contributed by atoms with Crippen LogP contribution in [0, 0.1) is 0 Å². The molecule has 0 spiro atoms. The first-order chi connectivity index (χ1) is 12.6. The van der Waals surface area contributed by atoms with Crippen LogP contribution in [0.5, 0.6) is 11.5 Å². The average molecular weight is 358 g/mol. The number of hydrogen-bond acceptors (Lipinski definition) is 5. The van der Waals surface area contributed by atoms with Gasteiger partial charge in [0.25, 0.3) is 5.91 Å². The Morgan fingerprint density at radius 2 is 1.77 bits per heavy atom. The molecule has 7 nitrogen and oxygen atoms in total. The molecular formula is C19H22N2O5. The van der Waals surface area contributed by atoms with Crippen molar-refractivity contribution in [2.24, 2.45) is 0 Å². The van der Waals surface area contributed by atoms with Crippen LogP contribution in [0.4, 0.5) is 10.5 Å². The molecule has 0 fully saturated rings. The SMILES string of the molecule is CCOC(=O)Nc1cccc(C(=O)NCCOc2ccc(OC)cc2)c1. The fourth-order valence-electron chi connectivity index (χ4n) is 2.13. The van der Waals surface area contributed by atoms with Gasteiger partial charge in [-0.2, -0.15) is 0 Å². The van der Waals surface area contributed by atoms with E-state index in [0.717, 1.165) is 5.75 Å². The van der Waals surface area contributed by atoms with Crippen molar-refractivity contribution in [2.75, 3.05) is 32.2 Å². The number of anilines is 1. The van der Waals surface area contributed by atoms with Gasteiger partial charge in [0, 0.05) is 11.3 Å². The van der Waals surface area contributed by atoms with Crippen LogP contribution in [-0.2, 0) is 4.74 Å². The molecule has 2 aromatic rings. The zero-order valence-electron chi connectivity index (χ0n) is 14.8. The zero-order valence-corrected chi connectivity index (χ0v) is 14.8. The molecule has 2 aromatic carbocycles. The standard InChI is InChI=1S/C19H22N2O5/c1-3-25-19(23)21-15-6-4-5-14(13-15)18(22)20-11-12-26-17-9-7-16(24-2)8-10-17/h4-10,13H,3,11-12H2,1-2H3,(H,20,22)(H,21,23). The highest BCUT2D eigenvalue weighted by atomic mass is 16.5. The van der Waals surface area contributed by atoms with Gasteiger partial charge in [0.15, 0.2) is 0 Å². The number of amides is 2. The van der Waals surface area contributed by atoms with Gasteiger partial charge in [0.2, 0.25) is 0 Å². The zero-order chi connectivity index (χ0) is 18.8. The van der Waals surface area contributed by atoms with E-state index in [9.17, 15) is 9.59 Å². The number of nitrogens with one attached hydrogen (secondary N) is 2. The van der Waals surface area contributed by atoms with Crippen molar-refractivity contribution in [3.8, 4) is 11.5 Å². The molecule has 0 bridgehead atoms. The molecule has 2 rings (SSSR count). The first-order valence-electron chi connectivity index (χ1n) is 8.21. The molecule has 0 aromatic heterocycles. The Bertz CT molecular complexity index is 731. The van der Waals surface area contributed by atoms with Crippen molar-refractivity contribution >= 4 is 17.7 Å². The lowest BCUT2D eigenvalue weighted by Crippen LogP contribution is -2.28. The molecule has 138 valence electrons. The molecule has 7 heteroatoms. The first-order valence-corrected chi connectivity index (χ1v) is 8.21. The quantitative estimate of drug-likeness (QED) is 0.708. The molecule has 0 saturated carbocycles. The molecule has 2 amide bonds. The Hall–Kier alpha value is -3.22. The van der Waals surface area contributed by atoms with E-state index < -0.39 is 6.09 Å². The van der Waals surface area contributed by atoms with Crippen molar-refractivity contribution < 1.29 is 23.8 Å². The summed E-state index contributed by atoms with van der Waals surface area (Å²) in [5.41, 5.74) is 0.925. The number of benzene rings is 2. The summed E-state index contributed by atoms with van der Waals surface area (Å²) in [6, 6.07) is 13.8. The maximum Gasteiger partial charge on any atom is 0.411 e. The molecule has 0 saturated heterocycles. The molecular weight excluding hydrogens is 336 g/mol. The van der Waals surface area contributed by atoms with E-state index in [1.807, 2.05) is 0 Å². The number of ether oxygens (including phenoxy) is 3. The average Bonchev–Trinajstić information content (AvgIpc) is 2.66. The maximum atomic E-state index is 12.2. The smallest absolute Gasteiger partial charge is 0.411 e. The molecule has 0 aliphatic carbocycles. The lowest BCUT2D eigenvalue weighted by atomic mass is 10.2. The second kappa shape index (κ2) is 9.93. The Kier molecular flexibility index (Phi) is 7.30. The van der Waals surface area contributed by atoms with Crippen LogP contribution in [0.15, 0.2) is 48.5 Å². The topological polar surface area (TPSA) is 85.9 Å². The fourth-order valence-corrected chi connectivity index (χ4v) is 2.13. The number of hydrogen-bond donors (Lipinski definition) is 2. The van der Waals surface area contributed by atoms with Crippen LogP contribution in [0.3, 0.4) is 0 Å². The van der Waals surface area contributed by atoms with Gasteiger partial charge in [-0.25, -0.2) is 4.79 Å². The summed E-state index contributed by atoms with van der Waals surface area (Å²) in [6.45, 7) is 2.68. The van der Waals surface area contributed by atoms with Crippen molar-refractivity contribution in [3.05, 3.63) is 54.1 Å². The Labute approximate surface area is 152 Å². The Morgan fingerprint density at radius 1 is 1.04 bits per heavy atom. The van der Waals surface area contributed by atoms with Crippen molar-refractivity contribution in [2.45, 2.75) is 6.92 Å². The maximum absolute atomic E-state index is 12.2. The molecule has 0 heterocycles. The third kappa shape index (κ3) is 6.01. The lowest BCUT2D eigenvalue weighted by molar-refractivity contribution is 0.0947. The third-order valence-electron chi connectivity index (χ3n) is 3.36. The van der Waals surface area contributed by atoms with Crippen LogP contribution >= 0.6 is 0 Å². The fraction of sp³-hybridized carbons (Fsp3) is 0.263. The van der Waals surface area contributed by atoms with E-state index >= 15 is 0 Å². The monoisotopic (exact) mass is 358 g/mol. The van der Waals surface area contributed by atoms with E-state index in [4.69, 9.17) is 14.2 Å². The van der Waals surface area contributed by atoms with Crippen LogP contribution in [0.25, 0.3) is 0 Å². The molecule has 0 aliphatic rings. The highest BCUT2D eigenvalue weighted by Crippen LogP contribution is 2.16. The van der Waals surface area contributed by atoms with Gasteiger partial charge < -0.3 is 19.5 Å². The van der Waals surface area contributed by atoms with Gasteiger partial charge in [-0.15, -0.1) is 0 Å². The summed E-state index contributed by atoms with van der Waals surface area (Å²) < 4.78 is 15.4. The van der Waals surface area contributed by atoms with Gasteiger partial charge in [-0.3, -0.25) is 10.1 Å². The van der Waals surface area contributed by atoms with Gasteiger partial charge >= 0.3 is 6.09 Å². The second-order valence-electron chi connectivity index (χ2n) is 5.21. The van der Waals surface area contributed by atoms with Gasteiger partial charge in [-0.1, -0.05) is 6.07 Å². The van der Waals surface area contributed by atoms with Crippen LogP contribution in [0.1, 0.15) is 17.3 Å². The van der Waals surface area contributed by atoms with Crippen LogP contribution in [-0.4, -0.2) is 38.9 Å². The lowest BCUT2D eigenvalue weighted by Gasteiger charge is -2.10. The predicted octanol–water partition coefficient (Wildman–Crippen LogP) is 3.07. The number of methoxy groups -OCH3 is 1. The van der Waals surface area contributed by atoms with E-state index in [0.29, 0.717) is 30.2 Å². The predicted molar refractivity (Wildman–Crippen MR) is 97.9 cm³/mol. The van der Waals surface area contributed by atoms with E-state index in [1.165, 1.54) is 0 Å². The molecule has 0 atom stereocenters. The van der Waals surface area contributed by atoms with Crippen LogP contribution < -0.4 is 20.1 Å². The minimum Gasteiger partial charge on any atom is -0.497 e. The van der Waals surface area contributed by atoms with E-state index in [2.05, 4.69) is 10.6 Å². The van der Waals surface area contributed by atoms with E-state index in [-0.39, 0.29) is 12.5 Å². The van der Waals surface area contributed by atoms with Crippen molar-refractivity contribution in [1.29, 1.82) is 0 Å². The number of carbonyl (C=O) groups is 2. The summed E-state index contributed by atoms with van der Waals surface area (Å²) in [6.07, 6.45) is -0.557. The molecule has 26 heavy (non-hydrogen) atoms. The van der Waals surface area contributed by atoms with Crippen molar-refractivity contribution in [1.82, 2.24) is 5.32 Å². The third-order valence-corrected chi connectivity index (χ3v) is 3.36. The Morgan fingerprint density at radius 3 is 2.46 bits per heavy atom. The summed E-state index contributed by atoms with van der Waals surface area (Å²) in [7, 11) is 1.60. The molecule has 0 unspecified atom stereocenters. The molecule has 0 radical (unpaired) electrons. The van der Waals surface area contributed by atoms with Crippen molar-refractivity contribution in [3.63, 3.8) is 0 Å². The number of rotatable bonds is 8. The Balaban J connectivity index is 1.79. The van der Waals surface area contributed by atoms with E-state index in [1.54, 1.807) is 62.6 Å². The first kappa shape index (κ1) is 19.1. The normalized spacial score (nSPS) is 9.92. The molecule has 0 aliphatic heterocycles. The largest absolute Gasteiger partial charge is 0.497 e. The highest BCUT2D eigenvalue weighted by Gasteiger charge is 2.08. The summed E-state index contributed by atoms with van der Waals surface area (Å²) >= 11 is 0. The van der Waals surface area contributed by atoms with Crippen LogP contribution in [0.2, 0.25) is 0 Å². The minimum atomic E-state index is -0.557. The van der Waals surface area contributed by atoms with Gasteiger partial charge in [0.1, 0.15) is 18.1 Å². The number of carbonyl (C=O) groups excluding carboxylic acids is 2.